The van der Waals surface area contributed by atoms with Crippen molar-refractivity contribution in [1.29, 1.82) is 0 Å². The Morgan fingerprint density at radius 1 is 0.700 bits per heavy atom. The molecule has 0 spiro atoms. The summed E-state index contributed by atoms with van der Waals surface area (Å²) in [7, 11) is 0. The molecule has 0 saturated carbocycles. The molecule has 1 nitrogen and oxygen atoms in total. The van der Waals surface area contributed by atoms with Crippen molar-refractivity contribution in [3.8, 4) is 0 Å². The molecule has 0 unspecified atom stereocenters. The SMILES string of the molecule is CC(C)(C)OC(C)(C)C.[SnH2]. The van der Waals surface area contributed by atoms with Gasteiger partial charge in [0.05, 0.1) is 11.2 Å². The maximum absolute atomic E-state index is 5.62. The Morgan fingerprint density at radius 3 is 0.900 bits per heavy atom. The average Bonchev–Trinajstić information content (AvgIpc) is 1.14. The molecular formula is C8H20OSn. The molecule has 0 heterocycles. The van der Waals surface area contributed by atoms with Crippen LogP contribution in [0.15, 0.2) is 0 Å². The molecule has 0 saturated heterocycles. The third-order valence-electron chi connectivity index (χ3n) is 0.612. The Kier molecular flexibility index (Phi) is 5.28. The third-order valence-corrected chi connectivity index (χ3v) is 0.612. The van der Waals surface area contributed by atoms with Gasteiger partial charge in [-0.3, -0.25) is 0 Å². The Bertz CT molecular complexity index is 74.4. The zero-order valence-corrected chi connectivity index (χ0v) is 12.2. The van der Waals surface area contributed by atoms with Gasteiger partial charge in [0.2, 0.25) is 0 Å². The molecule has 2 heteroatoms. The molecule has 0 aliphatic carbocycles. The van der Waals surface area contributed by atoms with E-state index in [9.17, 15) is 0 Å². The van der Waals surface area contributed by atoms with Crippen LogP contribution in [0.5, 0.6) is 0 Å². The molecule has 0 bridgehead atoms. The van der Waals surface area contributed by atoms with Gasteiger partial charge in [-0.15, -0.1) is 0 Å². The van der Waals surface area contributed by atoms with Gasteiger partial charge in [0.15, 0.2) is 0 Å². The number of rotatable bonds is 0. The Hall–Kier alpha value is 0.759. The summed E-state index contributed by atoms with van der Waals surface area (Å²) in [5, 5.41) is 0. The summed E-state index contributed by atoms with van der Waals surface area (Å²) in [6.45, 7) is 12.4. The van der Waals surface area contributed by atoms with Crippen LogP contribution in [0.4, 0.5) is 0 Å². The summed E-state index contributed by atoms with van der Waals surface area (Å²) in [6, 6.07) is 0. The summed E-state index contributed by atoms with van der Waals surface area (Å²) in [5.74, 6) is 0. The molecule has 0 aromatic carbocycles. The zero-order chi connectivity index (χ0) is 7.71. The quantitative estimate of drug-likeness (QED) is 0.595. The van der Waals surface area contributed by atoms with Gasteiger partial charge in [0, 0.05) is 0 Å². The topological polar surface area (TPSA) is 9.23 Å². The van der Waals surface area contributed by atoms with E-state index >= 15 is 0 Å². The first-order chi connectivity index (χ1) is 3.71. The zero-order valence-electron chi connectivity index (χ0n) is 8.12. The van der Waals surface area contributed by atoms with E-state index in [0.29, 0.717) is 0 Å². The van der Waals surface area contributed by atoms with Crippen LogP contribution < -0.4 is 0 Å². The van der Waals surface area contributed by atoms with Gasteiger partial charge in [0.1, 0.15) is 0 Å². The van der Waals surface area contributed by atoms with Crippen LogP contribution in [0.2, 0.25) is 0 Å². The maximum atomic E-state index is 5.62. The molecular weight excluding hydrogens is 231 g/mol. The monoisotopic (exact) mass is 252 g/mol. The van der Waals surface area contributed by atoms with Crippen molar-refractivity contribution in [2.45, 2.75) is 52.7 Å². The normalized spacial score (nSPS) is 12.6. The van der Waals surface area contributed by atoms with Gasteiger partial charge in [-0.25, -0.2) is 0 Å². The van der Waals surface area contributed by atoms with E-state index in [1.807, 2.05) is 0 Å². The molecule has 0 aliphatic heterocycles. The van der Waals surface area contributed by atoms with E-state index in [4.69, 9.17) is 4.74 Å². The Labute approximate surface area is 81.5 Å². The third kappa shape index (κ3) is 11.5. The van der Waals surface area contributed by atoms with Crippen LogP contribution in [0.1, 0.15) is 41.5 Å². The molecule has 0 aromatic heterocycles. The van der Waals surface area contributed by atoms with Crippen molar-refractivity contribution < 1.29 is 4.74 Å². The molecule has 0 amide bonds. The van der Waals surface area contributed by atoms with Crippen molar-refractivity contribution in [3.05, 3.63) is 0 Å². The molecule has 0 aliphatic rings. The molecule has 0 aromatic rings. The number of hydrogen-bond donors (Lipinski definition) is 0. The fraction of sp³-hybridized carbons (Fsp3) is 1.00. The van der Waals surface area contributed by atoms with E-state index in [1.54, 1.807) is 0 Å². The van der Waals surface area contributed by atoms with E-state index < -0.39 is 0 Å². The first-order valence-corrected chi connectivity index (χ1v) is 3.41. The fourth-order valence-corrected chi connectivity index (χ4v) is 0.919. The van der Waals surface area contributed by atoms with Crippen LogP contribution >= 0.6 is 0 Å². The van der Waals surface area contributed by atoms with Gasteiger partial charge in [-0.2, -0.15) is 0 Å². The summed E-state index contributed by atoms with van der Waals surface area (Å²) in [4.78, 5) is 0. The molecule has 0 atom stereocenters. The second kappa shape index (κ2) is 3.95. The molecule has 0 N–H and O–H groups in total. The first-order valence-electron chi connectivity index (χ1n) is 3.41. The minimum absolute atomic E-state index is 0. The van der Waals surface area contributed by atoms with E-state index in [-0.39, 0.29) is 35.1 Å². The van der Waals surface area contributed by atoms with Crippen LogP contribution in [0, 0.1) is 0 Å². The molecule has 10 heavy (non-hydrogen) atoms. The molecule has 2 radical (unpaired) electrons. The Morgan fingerprint density at radius 2 is 0.900 bits per heavy atom. The summed E-state index contributed by atoms with van der Waals surface area (Å²) in [6.07, 6.45) is 0. The van der Waals surface area contributed by atoms with Crippen molar-refractivity contribution >= 4 is 23.9 Å². The summed E-state index contributed by atoms with van der Waals surface area (Å²) < 4.78 is 5.62. The minimum atomic E-state index is -0.0156. The molecule has 0 fully saturated rings. The van der Waals surface area contributed by atoms with Crippen LogP contribution in [-0.2, 0) is 4.74 Å². The van der Waals surface area contributed by atoms with E-state index in [0.717, 1.165) is 0 Å². The van der Waals surface area contributed by atoms with Crippen molar-refractivity contribution in [2.75, 3.05) is 0 Å². The van der Waals surface area contributed by atoms with Gasteiger partial charge in [0.25, 0.3) is 0 Å². The van der Waals surface area contributed by atoms with E-state index in [1.165, 1.54) is 0 Å². The second-order valence-corrected chi connectivity index (χ2v) is 4.33. The van der Waals surface area contributed by atoms with Gasteiger partial charge in [-0.1, -0.05) is 0 Å². The first kappa shape index (κ1) is 13.4. The van der Waals surface area contributed by atoms with Crippen LogP contribution in [-0.4, -0.2) is 35.1 Å². The fourth-order valence-electron chi connectivity index (χ4n) is 0.919. The van der Waals surface area contributed by atoms with Crippen LogP contribution in [0.3, 0.4) is 0 Å². The molecule has 62 valence electrons. The van der Waals surface area contributed by atoms with Gasteiger partial charge < -0.3 is 4.74 Å². The van der Waals surface area contributed by atoms with Gasteiger partial charge in [-0.05, 0) is 41.5 Å². The summed E-state index contributed by atoms with van der Waals surface area (Å²) in [5.41, 5.74) is -0.0312. The van der Waals surface area contributed by atoms with Crippen LogP contribution in [0.25, 0.3) is 0 Å². The second-order valence-electron chi connectivity index (χ2n) is 4.33. The van der Waals surface area contributed by atoms with Crippen molar-refractivity contribution in [2.24, 2.45) is 0 Å². The summed E-state index contributed by atoms with van der Waals surface area (Å²) >= 11 is 0. The van der Waals surface area contributed by atoms with Gasteiger partial charge >= 0.3 is 23.9 Å². The average molecular weight is 251 g/mol. The standard InChI is InChI=1S/C8H18O.Sn.2H/c1-7(2,3)9-8(4,5)6;;;/h1-6H3;;;. The number of ether oxygens (including phenoxy) is 1. The Balaban J connectivity index is 0. The van der Waals surface area contributed by atoms with Crippen molar-refractivity contribution in [3.63, 3.8) is 0 Å². The number of hydrogen-bond acceptors (Lipinski definition) is 1. The molecule has 0 rings (SSSR count). The predicted molar refractivity (Wildman–Crippen MR) is 49.1 cm³/mol. The van der Waals surface area contributed by atoms with E-state index in [2.05, 4.69) is 41.5 Å². The van der Waals surface area contributed by atoms with Crippen molar-refractivity contribution in [1.82, 2.24) is 0 Å². The predicted octanol–water partition coefficient (Wildman–Crippen LogP) is 1.68.